The van der Waals surface area contributed by atoms with Gasteiger partial charge in [0.25, 0.3) is 10.0 Å². The highest BCUT2D eigenvalue weighted by atomic mass is 35.5. The van der Waals surface area contributed by atoms with Gasteiger partial charge in [0.2, 0.25) is 11.8 Å². The highest BCUT2D eigenvalue weighted by Crippen LogP contribution is 2.36. The normalized spacial score (nSPS) is 14.4. The Hall–Kier alpha value is -2.49. The van der Waals surface area contributed by atoms with E-state index in [1.165, 1.54) is 29.2 Å². The van der Waals surface area contributed by atoms with Crippen LogP contribution < -0.4 is 9.62 Å². The maximum absolute atomic E-state index is 14.3. The summed E-state index contributed by atoms with van der Waals surface area (Å²) in [5, 5.41) is 3.84. The Balaban J connectivity index is 1.76. The standard InChI is InChI=1S/C31H33Cl4N3O4S/c1-3-27(31(40)36-22-7-4-5-8-22)37(18-21-13-16-24(32)26(34)17-21)29(39)19-38(28-10-6-9-25(33)30(28)35)43(41,42)23-14-11-20(2)12-15-23/h6,9-17,22,27H,3-5,7-8,18-19H2,1-2H3,(H,36,40)/t27-/m0/s1. The van der Waals surface area contributed by atoms with Gasteiger partial charge in [-0.05, 0) is 68.1 Å². The number of carbonyl (C=O) groups excluding carboxylic acids is 2. The van der Waals surface area contributed by atoms with Gasteiger partial charge in [-0.3, -0.25) is 13.9 Å². The second-order valence-electron chi connectivity index (χ2n) is 10.6. The van der Waals surface area contributed by atoms with E-state index in [9.17, 15) is 18.0 Å². The average molecular weight is 686 g/mol. The van der Waals surface area contributed by atoms with E-state index >= 15 is 0 Å². The van der Waals surface area contributed by atoms with E-state index in [0.29, 0.717) is 22.0 Å². The molecule has 12 heteroatoms. The first-order valence-corrected chi connectivity index (χ1v) is 16.9. The minimum absolute atomic E-state index is 0.00594. The number of sulfonamides is 1. The number of hydrogen-bond acceptors (Lipinski definition) is 4. The summed E-state index contributed by atoms with van der Waals surface area (Å²) in [5.41, 5.74) is 1.54. The molecule has 0 aromatic heterocycles. The monoisotopic (exact) mass is 683 g/mol. The molecule has 1 N–H and O–H groups in total. The molecular weight excluding hydrogens is 652 g/mol. The maximum Gasteiger partial charge on any atom is 0.264 e. The van der Waals surface area contributed by atoms with Crippen molar-refractivity contribution in [2.75, 3.05) is 10.8 Å². The van der Waals surface area contributed by atoms with Crippen molar-refractivity contribution in [2.24, 2.45) is 0 Å². The van der Waals surface area contributed by atoms with Gasteiger partial charge >= 0.3 is 0 Å². The van der Waals surface area contributed by atoms with E-state index in [1.54, 1.807) is 36.4 Å². The van der Waals surface area contributed by atoms with Crippen molar-refractivity contribution >= 4 is 73.9 Å². The largest absolute Gasteiger partial charge is 0.352 e. The molecule has 7 nitrogen and oxygen atoms in total. The SMILES string of the molecule is CC[C@@H](C(=O)NC1CCCC1)N(Cc1ccc(Cl)c(Cl)c1)C(=O)CN(c1cccc(Cl)c1Cl)S(=O)(=O)c1ccc(C)cc1. The van der Waals surface area contributed by atoms with Gasteiger partial charge in [0.15, 0.2) is 0 Å². The Morgan fingerprint density at radius 2 is 1.60 bits per heavy atom. The van der Waals surface area contributed by atoms with Crippen LogP contribution in [0.1, 0.15) is 50.2 Å². The molecule has 0 saturated heterocycles. The van der Waals surface area contributed by atoms with Crippen LogP contribution in [0.2, 0.25) is 20.1 Å². The Morgan fingerprint density at radius 3 is 2.23 bits per heavy atom. The first-order chi connectivity index (χ1) is 20.4. The fraction of sp³-hybridized carbons (Fsp3) is 0.355. The van der Waals surface area contributed by atoms with E-state index in [0.717, 1.165) is 35.6 Å². The first-order valence-electron chi connectivity index (χ1n) is 14.0. The second kappa shape index (κ2) is 14.5. The van der Waals surface area contributed by atoms with Crippen molar-refractivity contribution in [3.05, 3.63) is 91.9 Å². The summed E-state index contributed by atoms with van der Waals surface area (Å²) < 4.78 is 29.0. The lowest BCUT2D eigenvalue weighted by Gasteiger charge is -2.34. The van der Waals surface area contributed by atoms with Crippen LogP contribution >= 0.6 is 46.4 Å². The molecular formula is C31H33Cl4N3O4S. The molecule has 1 aliphatic carbocycles. The Morgan fingerprint density at radius 1 is 0.930 bits per heavy atom. The van der Waals surface area contributed by atoms with Crippen molar-refractivity contribution in [3.8, 4) is 0 Å². The van der Waals surface area contributed by atoms with E-state index in [2.05, 4.69) is 5.32 Å². The molecule has 0 bridgehead atoms. The van der Waals surface area contributed by atoms with Crippen molar-refractivity contribution in [3.63, 3.8) is 0 Å². The number of hydrogen-bond donors (Lipinski definition) is 1. The van der Waals surface area contributed by atoms with Crippen molar-refractivity contribution in [2.45, 2.75) is 69.5 Å². The number of benzene rings is 3. The highest BCUT2D eigenvalue weighted by molar-refractivity contribution is 7.92. The third-order valence-electron chi connectivity index (χ3n) is 7.51. The summed E-state index contributed by atoms with van der Waals surface area (Å²) in [7, 11) is -4.29. The van der Waals surface area contributed by atoms with Crippen LogP contribution in [0.25, 0.3) is 0 Å². The van der Waals surface area contributed by atoms with Crippen LogP contribution in [-0.2, 0) is 26.2 Å². The molecule has 230 valence electrons. The van der Waals surface area contributed by atoms with Crippen LogP contribution in [0.5, 0.6) is 0 Å². The van der Waals surface area contributed by atoms with Gasteiger partial charge in [0, 0.05) is 12.6 Å². The molecule has 1 atom stereocenters. The predicted octanol–water partition coefficient (Wildman–Crippen LogP) is 7.67. The minimum Gasteiger partial charge on any atom is -0.352 e. The lowest BCUT2D eigenvalue weighted by atomic mass is 10.1. The summed E-state index contributed by atoms with van der Waals surface area (Å²) in [6.45, 7) is 3.01. The van der Waals surface area contributed by atoms with Crippen molar-refractivity contribution < 1.29 is 18.0 Å². The number of halogens is 4. The fourth-order valence-corrected chi connectivity index (χ4v) is 7.35. The summed E-state index contributed by atoms with van der Waals surface area (Å²) >= 11 is 25.2. The zero-order valence-electron chi connectivity index (χ0n) is 23.8. The average Bonchev–Trinajstić information content (AvgIpc) is 3.48. The third-order valence-corrected chi connectivity index (χ3v) is 10.8. The van der Waals surface area contributed by atoms with Crippen LogP contribution in [0.4, 0.5) is 5.69 Å². The molecule has 0 unspecified atom stereocenters. The van der Waals surface area contributed by atoms with Gasteiger partial charge in [-0.15, -0.1) is 0 Å². The topological polar surface area (TPSA) is 86.8 Å². The number of nitrogens with zero attached hydrogens (tertiary/aromatic N) is 2. The van der Waals surface area contributed by atoms with Gasteiger partial charge in [-0.2, -0.15) is 0 Å². The Labute approximate surface area is 273 Å². The van der Waals surface area contributed by atoms with E-state index in [-0.39, 0.29) is 39.1 Å². The molecule has 43 heavy (non-hydrogen) atoms. The quantitative estimate of drug-likeness (QED) is 0.225. The second-order valence-corrected chi connectivity index (χ2v) is 14.0. The zero-order valence-corrected chi connectivity index (χ0v) is 27.7. The number of rotatable bonds is 11. The maximum atomic E-state index is 14.3. The van der Waals surface area contributed by atoms with Crippen molar-refractivity contribution in [1.29, 1.82) is 0 Å². The number of amides is 2. The predicted molar refractivity (Wildman–Crippen MR) is 174 cm³/mol. The summed E-state index contributed by atoms with van der Waals surface area (Å²) in [6.07, 6.45) is 4.10. The number of anilines is 1. The summed E-state index contributed by atoms with van der Waals surface area (Å²) in [4.78, 5) is 29.2. The number of nitrogens with one attached hydrogen (secondary N) is 1. The molecule has 1 saturated carbocycles. The van der Waals surface area contributed by atoms with E-state index in [1.807, 2.05) is 13.8 Å². The smallest absolute Gasteiger partial charge is 0.264 e. The molecule has 0 spiro atoms. The fourth-order valence-electron chi connectivity index (χ4n) is 5.16. The first kappa shape index (κ1) is 33.4. The number of aryl methyl sites for hydroxylation is 1. The van der Waals surface area contributed by atoms with Gasteiger partial charge in [0.1, 0.15) is 12.6 Å². The number of carbonyl (C=O) groups is 2. The molecule has 0 heterocycles. The van der Waals surface area contributed by atoms with Crippen molar-refractivity contribution in [1.82, 2.24) is 10.2 Å². The lowest BCUT2D eigenvalue weighted by Crippen LogP contribution is -2.53. The van der Waals surface area contributed by atoms with E-state index < -0.39 is 28.5 Å². The third kappa shape index (κ3) is 7.97. The minimum atomic E-state index is -4.29. The van der Waals surface area contributed by atoms with Gasteiger partial charge in [-0.25, -0.2) is 8.42 Å². The molecule has 3 aromatic rings. The van der Waals surface area contributed by atoms with Gasteiger partial charge in [0.05, 0.1) is 30.7 Å². The van der Waals surface area contributed by atoms with Crippen LogP contribution in [0.15, 0.2) is 65.6 Å². The van der Waals surface area contributed by atoms with Gasteiger partial charge < -0.3 is 10.2 Å². The Bertz CT molecular complexity index is 1580. The molecule has 2 amide bonds. The Kier molecular flexibility index (Phi) is 11.3. The summed E-state index contributed by atoms with van der Waals surface area (Å²) in [5.74, 6) is -0.900. The van der Waals surface area contributed by atoms with E-state index in [4.69, 9.17) is 46.4 Å². The zero-order chi connectivity index (χ0) is 31.3. The molecule has 3 aromatic carbocycles. The van der Waals surface area contributed by atoms with Crippen LogP contribution in [-0.4, -0.2) is 43.8 Å². The summed E-state index contributed by atoms with van der Waals surface area (Å²) in [6, 6.07) is 15.0. The highest BCUT2D eigenvalue weighted by Gasteiger charge is 2.35. The molecule has 0 aliphatic heterocycles. The molecule has 1 fully saturated rings. The van der Waals surface area contributed by atoms with Crippen LogP contribution in [0.3, 0.4) is 0 Å². The molecule has 4 rings (SSSR count). The molecule has 1 aliphatic rings. The molecule has 0 radical (unpaired) electrons. The van der Waals surface area contributed by atoms with Gasteiger partial charge in [-0.1, -0.05) is 96.0 Å². The lowest BCUT2D eigenvalue weighted by molar-refractivity contribution is -0.140. The van der Waals surface area contributed by atoms with Crippen LogP contribution in [0, 0.1) is 6.92 Å².